The first-order valence-electron chi connectivity index (χ1n) is 5.71. The number of rotatable bonds is 3. The number of amides is 1. The number of hydrogen-bond donors (Lipinski definition) is 2. The molecule has 0 aliphatic heterocycles. The Labute approximate surface area is 111 Å². The normalized spacial score (nSPS) is 10.0. The van der Waals surface area contributed by atoms with Gasteiger partial charge in [0.15, 0.2) is 0 Å². The second-order valence-corrected chi connectivity index (χ2v) is 3.96. The van der Waals surface area contributed by atoms with Gasteiger partial charge in [0.25, 0.3) is 5.91 Å². The largest absolute Gasteiger partial charge is 0.497 e. The van der Waals surface area contributed by atoms with Crippen LogP contribution in [-0.4, -0.2) is 13.0 Å². The van der Waals surface area contributed by atoms with E-state index in [-0.39, 0.29) is 5.91 Å². The summed E-state index contributed by atoms with van der Waals surface area (Å²) in [5.41, 5.74) is 7.06. The zero-order valence-electron chi connectivity index (χ0n) is 10.5. The Morgan fingerprint density at radius 3 is 2.47 bits per heavy atom. The standard InChI is InChI=1S/C14H15N3O2/c1-19-11-7-8-13(15)12(9-11)14(18)17(16)10-5-3-2-4-6-10/h2-9H,15-16H2,1H3. The predicted molar refractivity (Wildman–Crippen MR) is 74.8 cm³/mol. The van der Waals surface area contributed by atoms with Gasteiger partial charge in [-0.25, -0.2) is 10.9 Å². The molecule has 0 unspecified atom stereocenters. The molecule has 0 bridgehead atoms. The van der Waals surface area contributed by atoms with E-state index in [0.717, 1.165) is 5.01 Å². The number of nitrogens with zero attached hydrogens (tertiary/aromatic N) is 1. The van der Waals surface area contributed by atoms with E-state index in [1.807, 2.05) is 6.07 Å². The van der Waals surface area contributed by atoms with Crippen LogP contribution in [0.3, 0.4) is 0 Å². The molecule has 0 atom stereocenters. The molecule has 0 heterocycles. The lowest BCUT2D eigenvalue weighted by Gasteiger charge is -2.18. The van der Waals surface area contributed by atoms with E-state index >= 15 is 0 Å². The third-order valence-corrected chi connectivity index (χ3v) is 2.74. The van der Waals surface area contributed by atoms with Gasteiger partial charge in [0.1, 0.15) is 5.75 Å². The molecule has 98 valence electrons. The van der Waals surface area contributed by atoms with E-state index in [0.29, 0.717) is 22.7 Å². The van der Waals surface area contributed by atoms with Crippen molar-refractivity contribution in [3.63, 3.8) is 0 Å². The molecule has 5 heteroatoms. The van der Waals surface area contributed by atoms with Gasteiger partial charge in [-0.1, -0.05) is 18.2 Å². The quantitative estimate of drug-likeness (QED) is 0.380. The summed E-state index contributed by atoms with van der Waals surface area (Å²) in [5.74, 6) is 5.99. The zero-order chi connectivity index (χ0) is 13.8. The highest BCUT2D eigenvalue weighted by Gasteiger charge is 2.17. The summed E-state index contributed by atoms with van der Waals surface area (Å²) in [6.07, 6.45) is 0. The molecule has 1 amide bonds. The second-order valence-electron chi connectivity index (χ2n) is 3.96. The Morgan fingerprint density at radius 1 is 1.16 bits per heavy atom. The fourth-order valence-electron chi connectivity index (χ4n) is 1.68. The van der Waals surface area contributed by atoms with Crippen LogP contribution in [0.5, 0.6) is 5.75 Å². The molecule has 2 aromatic carbocycles. The summed E-state index contributed by atoms with van der Waals surface area (Å²) in [4.78, 5) is 12.3. The molecule has 0 aliphatic rings. The average Bonchev–Trinajstić information content (AvgIpc) is 2.47. The highest BCUT2D eigenvalue weighted by atomic mass is 16.5. The maximum absolute atomic E-state index is 12.3. The number of nitrogen functional groups attached to an aromatic ring is 1. The van der Waals surface area contributed by atoms with Crippen molar-refractivity contribution in [1.82, 2.24) is 0 Å². The van der Waals surface area contributed by atoms with Crippen LogP contribution >= 0.6 is 0 Å². The van der Waals surface area contributed by atoms with Crippen LogP contribution in [0.2, 0.25) is 0 Å². The Balaban J connectivity index is 2.34. The number of para-hydroxylation sites is 1. The molecule has 2 aromatic rings. The third-order valence-electron chi connectivity index (χ3n) is 2.74. The number of carbonyl (C=O) groups is 1. The topological polar surface area (TPSA) is 81.6 Å². The van der Waals surface area contributed by atoms with E-state index < -0.39 is 0 Å². The first-order chi connectivity index (χ1) is 9.13. The second kappa shape index (κ2) is 5.41. The summed E-state index contributed by atoms with van der Waals surface area (Å²) < 4.78 is 5.08. The van der Waals surface area contributed by atoms with Gasteiger partial charge >= 0.3 is 0 Å². The predicted octanol–water partition coefficient (Wildman–Crippen LogP) is 1.80. The molecule has 0 radical (unpaired) electrons. The highest BCUT2D eigenvalue weighted by Crippen LogP contribution is 2.22. The van der Waals surface area contributed by atoms with Crippen LogP contribution in [0.4, 0.5) is 11.4 Å². The van der Waals surface area contributed by atoms with E-state index in [9.17, 15) is 4.79 Å². The zero-order valence-corrected chi connectivity index (χ0v) is 10.5. The van der Waals surface area contributed by atoms with Crippen LogP contribution in [0.25, 0.3) is 0 Å². The van der Waals surface area contributed by atoms with Crippen molar-refractivity contribution < 1.29 is 9.53 Å². The summed E-state index contributed by atoms with van der Waals surface area (Å²) in [7, 11) is 1.52. The molecule has 4 N–H and O–H groups in total. The Morgan fingerprint density at radius 2 is 1.84 bits per heavy atom. The molecule has 0 fully saturated rings. The first-order valence-corrected chi connectivity index (χ1v) is 5.71. The lowest BCUT2D eigenvalue weighted by Crippen LogP contribution is -2.37. The minimum Gasteiger partial charge on any atom is -0.497 e. The molecule has 0 aliphatic carbocycles. The number of benzene rings is 2. The lowest BCUT2D eigenvalue weighted by atomic mass is 10.1. The lowest BCUT2D eigenvalue weighted by molar-refractivity contribution is 0.0987. The van der Waals surface area contributed by atoms with Crippen molar-refractivity contribution in [2.75, 3.05) is 17.9 Å². The Kier molecular flexibility index (Phi) is 3.68. The van der Waals surface area contributed by atoms with Crippen molar-refractivity contribution in [2.24, 2.45) is 5.84 Å². The monoisotopic (exact) mass is 257 g/mol. The van der Waals surface area contributed by atoms with Crippen molar-refractivity contribution >= 4 is 17.3 Å². The highest BCUT2D eigenvalue weighted by molar-refractivity contribution is 6.08. The SMILES string of the molecule is COc1ccc(N)c(C(=O)N(N)c2ccccc2)c1. The van der Waals surface area contributed by atoms with Crippen LogP contribution in [0.1, 0.15) is 10.4 Å². The van der Waals surface area contributed by atoms with Gasteiger partial charge in [-0.2, -0.15) is 0 Å². The van der Waals surface area contributed by atoms with E-state index in [4.69, 9.17) is 16.3 Å². The molecule has 0 saturated carbocycles. The number of nitrogens with two attached hydrogens (primary N) is 2. The molecule has 5 nitrogen and oxygen atoms in total. The van der Waals surface area contributed by atoms with E-state index in [2.05, 4.69) is 0 Å². The number of hydrazine groups is 1. The Bertz CT molecular complexity index is 584. The first kappa shape index (κ1) is 12.9. The van der Waals surface area contributed by atoms with Crippen LogP contribution in [-0.2, 0) is 0 Å². The van der Waals surface area contributed by atoms with Gasteiger partial charge in [0, 0.05) is 5.69 Å². The van der Waals surface area contributed by atoms with Gasteiger partial charge in [0.05, 0.1) is 18.4 Å². The smallest absolute Gasteiger partial charge is 0.274 e. The summed E-state index contributed by atoms with van der Waals surface area (Å²) in [6, 6.07) is 13.8. The number of hydrogen-bond acceptors (Lipinski definition) is 4. The number of methoxy groups -OCH3 is 1. The minimum absolute atomic E-state index is 0.311. The van der Waals surface area contributed by atoms with Crippen molar-refractivity contribution in [2.45, 2.75) is 0 Å². The summed E-state index contributed by atoms with van der Waals surface area (Å²) in [5, 5.41) is 1.06. The maximum atomic E-state index is 12.3. The van der Waals surface area contributed by atoms with Crippen molar-refractivity contribution in [3.8, 4) is 5.75 Å². The molecule has 0 saturated heterocycles. The molecule has 0 spiro atoms. The fourth-order valence-corrected chi connectivity index (χ4v) is 1.68. The summed E-state index contributed by atoms with van der Waals surface area (Å²) >= 11 is 0. The van der Waals surface area contributed by atoms with E-state index in [1.54, 1.807) is 42.5 Å². The van der Waals surface area contributed by atoms with E-state index in [1.165, 1.54) is 7.11 Å². The van der Waals surface area contributed by atoms with Gasteiger partial charge in [-0.05, 0) is 30.3 Å². The molecular weight excluding hydrogens is 242 g/mol. The molecule has 19 heavy (non-hydrogen) atoms. The Hall–Kier alpha value is -2.53. The maximum Gasteiger partial charge on any atom is 0.274 e. The minimum atomic E-state index is -0.386. The summed E-state index contributed by atoms with van der Waals surface area (Å²) in [6.45, 7) is 0. The molecule has 2 rings (SSSR count). The third kappa shape index (κ3) is 2.66. The number of anilines is 2. The van der Waals surface area contributed by atoms with Gasteiger partial charge in [0.2, 0.25) is 0 Å². The van der Waals surface area contributed by atoms with Crippen LogP contribution in [0.15, 0.2) is 48.5 Å². The van der Waals surface area contributed by atoms with Gasteiger partial charge in [-0.15, -0.1) is 0 Å². The number of ether oxygens (including phenoxy) is 1. The fraction of sp³-hybridized carbons (Fsp3) is 0.0714. The average molecular weight is 257 g/mol. The molecule has 0 aromatic heterocycles. The van der Waals surface area contributed by atoms with Gasteiger partial charge in [-0.3, -0.25) is 4.79 Å². The van der Waals surface area contributed by atoms with Crippen LogP contribution in [0, 0.1) is 0 Å². The molecular formula is C14H15N3O2. The van der Waals surface area contributed by atoms with Gasteiger partial charge < -0.3 is 10.5 Å². The number of carbonyl (C=O) groups excluding carboxylic acids is 1. The van der Waals surface area contributed by atoms with Crippen molar-refractivity contribution in [1.29, 1.82) is 0 Å². The van der Waals surface area contributed by atoms with Crippen molar-refractivity contribution in [3.05, 3.63) is 54.1 Å². The van der Waals surface area contributed by atoms with Crippen LogP contribution < -0.4 is 21.3 Å².